The number of piperazine rings is 1. The maximum atomic E-state index is 12.0. The highest BCUT2D eigenvalue weighted by molar-refractivity contribution is 5.76. The Morgan fingerprint density at radius 2 is 1.68 bits per heavy atom. The third-order valence-electron chi connectivity index (χ3n) is 3.66. The van der Waals surface area contributed by atoms with E-state index in [1.54, 1.807) is 0 Å². The van der Waals surface area contributed by atoms with Crippen LogP contribution in [0.5, 0.6) is 0 Å². The van der Waals surface area contributed by atoms with Crippen molar-refractivity contribution in [2.45, 2.75) is 32.6 Å². The van der Waals surface area contributed by atoms with E-state index in [0.717, 1.165) is 39.0 Å². The molecule has 0 bridgehead atoms. The molecular formula is C16H24N2O. The summed E-state index contributed by atoms with van der Waals surface area (Å²) >= 11 is 0. The van der Waals surface area contributed by atoms with Gasteiger partial charge in [-0.25, -0.2) is 0 Å². The summed E-state index contributed by atoms with van der Waals surface area (Å²) in [6.07, 6.45) is 3.81. The Morgan fingerprint density at radius 3 is 2.26 bits per heavy atom. The van der Waals surface area contributed by atoms with Crippen molar-refractivity contribution in [3.8, 4) is 0 Å². The van der Waals surface area contributed by atoms with E-state index >= 15 is 0 Å². The van der Waals surface area contributed by atoms with E-state index in [9.17, 15) is 4.79 Å². The summed E-state index contributed by atoms with van der Waals surface area (Å²) in [6.45, 7) is 5.76. The number of amides is 1. The average molecular weight is 260 g/mol. The van der Waals surface area contributed by atoms with Gasteiger partial charge in [-0.1, -0.05) is 37.6 Å². The van der Waals surface area contributed by atoms with Gasteiger partial charge in [0.2, 0.25) is 5.91 Å². The summed E-state index contributed by atoms with van der Waals surface area (Å²) in [4.78, 5) is 14.0. The molecule has 0 aliphatic carbocycles. The largest absolute Gasteiger partial charge is 0.340 e. The van der Waals surface area contributed by atoms with Crippen molar-refractivity contribution < 1.29 is 4.79 Å². The van der Waals surface area contributed by atoms with Gasteiger partial charge >= 0.3 is 0 Å². The number of benzene rings is 1. The van der Waals surface area contributed by atoms with Crippen molar-refractivity contribution in [3.05, 3.63) is 35.4 Å². The number of nitrogens with one attached hydrogen (secondary N) is 1. The molecule has 1 aromatic rings. The minimum atomic E-state index is 0.291. The molecule has 1 aliphatic rings. The molecule has 0 aromatic heterocycles. The molecule has 1 amide bonds. The lowest BCUT2D eigenvalue weighted by atomic mass is 10.0. The maximum Gasteiger partial charge on any atom is 0.222 e. The van der Waals surface area contributed by atoms with Crippen LogP contribution in [-0.4, -0.2) is 37.0 Å². The number of hydrogen-bond donors (Lipinski definition) is 1. The van der Waals surface area contributed by atoms with Crippen molar-refractivity contribution >= 4 is 5.91 Å². The Balaban J connectivity index is 1.79. The molecule has 19 heavy (non-hydrogen) atoms. The fraction of sp³-hybridized carbons (Fsp3) is 0.562. The predicted octanol–water partition coefficient (Wildman–Crippen LogP) is 2.00. The second kappa shape index (κ2) is 7.29. The van der Waals surface area contributed by atoms with Crippen LogP contribution in [-0.2, 0) is 17.6 Å². The second-order valence-electron chi connectivity index (χ2n) is 5.20. The van der Waals surface area contributed by atoms with E-state index < -0.39 is 0 Å². The van der Waals surface area contributed by atoms with E-state index in [0.29, 0.717) is 12.3 Å². The lowest BCUT2D eigenvalue weighted by molar-refractivity contribution is -0.131. The molecule has 0 unspecified atom stereocenters. The van der Waals surface area contributed by atoms with E-state index in [2.05, 4.69) is 36.5 Å². The lowest BCUT2D eigenvalue weighted by Crippen LogP contribution is -2.46. The average Bonchev–Trinajstić information content (AvgIpc) is 2.47. The zero-order valence-corrected chi connectivity index (χ0v) is 11.8. The summed E-state index contributed by atoms with van der Waals surface area (Å²) in [5.74, 6) is 0.291. The number of hydrogen-bond acceptors (Lipinski definition) is 2. The van der Waals surface area contributed by atoms with Crippen LogP contribution in [0.25, 0.3) is 0 Å². The van der Waals surface area contributed by atoms with Crippen molar-refractivity contribution in [1.29, 1.82) is 0 Å². The highest BCUT2D eigenvalue weighted by Gasteiger charge is 2.15. The molecule has 0 atom stereocenters. The Hall–Kier alpha value is -1.35. The van der Waals surface area contributed by atoms with Gasteiger partial charge in [0.1, 0.15) is 0 Å². The van der Waals surface area contributed by atoms with Crippen LogP contribution in [0.1, 0.15) is 30.9 Å². The van der Waals surface area contributed by atoms with Crippen molar-refractivity contribution in [2.75, 3.05) is 26.2 Å². The zero-order valence-electron chi connectivity index (χ0n) is 11.8. The number of carbonyl (C=O) groups is 1. The Labute approximate surface area is 116 Å². The minimum Gasteiger partial charge on any atom is -0.340 e. The summed E-state index contributed by atoms with van der Waals surface area (Å²) < 4.78 is 0. The van der Waals surface area contributed by atoms with Crippen LogP contribution in [0.15, 0.2) is 24.3 Å². The fourth-order valence-electron chi connectivity index (χ4n) is 2.48. The first kappa shape index (κ1) is 14.1. The van der Waals surface area contributed by atoms with Gasteiger partial charge < -0.3 is 10.2 Å². The van der Waals surface area contributed by atoms with Gasteiger partial charge in [0.05, 0.1) is 0 Å². The van der Waals surface area contributed by atoms with E-state index in [1.165, 1.54) is 17.5 Å². The van der Waals surface area contributed by atoms with Crippen LogP contribution in [0.3, 0.4) is 0 Å². The molecule has 1 aliphatic heterocycles. The van der Waals surface area contributed by atoms with Crippen molar-refractivity contribution in [1.82, 2.24) is 10.2 Å². The third-order valence-corrected chi connectivity index (χ3v) is 3.66. The summed E-state index contributed by atoms with van der Waals surface area (Å²) in [6, 6.07) is 8.70. The maximum absolute atomic E-state index is 12.0. The van der Waals surface area contributed by atoms with Crippen LogP contribution >= 0.6 is 0 Å². The molecule has 1 aromatic carbocycles. The number of aryl methyl sites for hydroxylation is 2. The van der Waals surface area contributed by atoms with Crippen LogP contribution in [0.2, 0.25) is 0 Å². The van der Waals surface area contributed by atoms with Gasteiger partial charge in [0, 0.05) is 32.6 Å². The normalized spacial score (nSPS) is 15.5. The van der Waals surface area contributed by atoms with Gasteiger partial charge in [0.25, 0.3) is 0 Å². The third kappa shape index (κ3) is 4.35. The molecule has 0 radical (unpaired) electrons. The highest BCUT2D eigenvalue weighted by atomic mass is 16.2. The fourth-order valence-corrected chi connectivity index (χ4v) is 2.48. The molecule has 3 nitrogen and oxygen atoms in total. The standard InChI is InChI=1S/C16H24N2O/c1-2-3-14-4-6-15(7-5-14)8-9-16(19)18-12-10-17-11-13-18/h4-7,17H,2-3,8-13H2,1H3. The molecule has 1 fully saturated rings. The molecule has 0 spiro atoms. The van der Waals surface area contributed by atoms with E-state index in [-0.39, 0.29) is 0 Å². The molecule has 0 saturated carbocycles. The molecule has 2 rings (SSSR count). The van der Waals surface area contributed by atoms with Gasteiger partial charge in [-0.15, -0.1) is 0 Å². The number of rotatable bonds is 5. The summed E-state index contributed by atoms with van der Waals surface area (Å²) in [5.41, 5.74) is 2.66. The molecule has 1 heterocycles. The molecular weight excluding hydrogens is 236 g/mol. The summed E-state index contributed by atoms with van der Waals surface area (Å²) in [7, 11) is 0. The summed E-state index contributed by atoms with van der Waals surface area (Å²) in [5, 5.41) is 3.27. The molecule has 3 heteroatoms. The van der Waals surface area contributed by atoms with E-state index in [4.69, 9.17) is 0 Å². The van der Waals surface area contributed by atoms with Gasteiger partial charge in [-0.2, -0.15) is 0 Å². The second-order valence-corrected chi connectivity index (χ2v) is 5.20. The smallest absolute Gasteiger partial charge is 0.222 e. The Bertz CT molecular complexity index is 394. The van der Waals surface area contributed by atoms with Gasteiger partial charge in [-0.3, -0.25) is 4.79 Å². The van der Waals surface area contributed by atoms with Crippen LogP contribution in [0, 0.1) is 0 Å². The lowest BCUT2D eigenvalue weighted by Gasteiger charge is -2.27. The van der Waals surface area contributed by atoms with Crippen molar-refractivity contribution in [3.63, 3.8) is 0 Å². The monoisotopic (exact) mass is 260 g/mol. The first-order valence-electron chi connectivity index (χ1n) is 7.36. The van der Waals surface area contributed by atoms with Gasteiger partial charge in [0.15, 0.2) is 0 Å². The topological polar surface area (TPSA) is 32.3 Å². The van der Waals surface area contributed by atoms with E-state index in [1.807, 2.05) is 4.90 Å². The first-order chi connectivity index (χ1) is 9.29. The quantitative estimate of drug-likeness (QED) is 0.878. The number of nitrogens with zero attached hydrogens (tertiary/aromatic N) is 1. The minimum absolute atomic E-state index is 0.291. The SMILES string of the molecule is CCCc1ccc(CCC(=O)N2CCNCC2)cc1. The van der Waals surface area contributed by atoms with Crippen LogP contribution < -0.4 is 5.32 Å². The van der Waals surface area contributed by atoms with Crippen LogP contribution in [0.4, 0.5) is 0 Å². The zero-order chi connectivity index (χ0) is 13.5. The first-order valence-corrected chi connectivity index (χ1v) is 7.36. The Kier molecular flexibility index (Phi) is 5.40. The molecule has 1 saturated heterocycles. The Morgan fingerprint density at radius 1 is 1.11 bits per heavy atom. The van der Waals surface area contributed by atoms with Crippen molar-refractivity contribution in [2.24, 2.45) is 0 Å². The molecule has 104 valence electrons. The predicted molar refractivity (Wildman–Crippen MR) is 78.2 cm³/mol. The number of carbonyl (C=O) groups excluding carboxylic acids is 1. The highest BCUT2D eigenvalue weighted by Crippen LogP contribution is 2.09. The molecule has 1 N–H and O–H groups in total. The van der Waals surface area contributed by atoms with Gasteiger partial charge in [-0.05, 0) is 24.0 Å².